The number of benzene rings is 2. The molecule has 4 nitrogen and oxygen atoms in total. The van der Waals surface area contributed by atoms with Crippen LogP contribution in [-0.4, -0.2) is 15.2 Å². The Morgan fingerprint density at radius 3 is 2.76 bits per heavy atom. The highest BCUT2D eigenvalue weighted by atomic mass is 35.5. The molecule has 0 saturated carbocycles. The van der Waals surface area contributed by atoms with Gasteiger partial charge in [-0.15, -0.1) is 0 Å². The first-order chi connectivity index (χ1) is 10.1. The van der Waals surface area contributed by atoms with Crippen molar-refractivity contribution >= 4 is 11.6 Å². The SMILES string of the molecule is Cc1cc(-c2nc(Cc3ccccc3Cl)no2)ccc1O. The third-order valence-corrected chi connectivity index (χ3v) is 3.59. The van der Waals surface area contributed by atoms with Crippen LogP contribution in [0.1, 0.15) is 17.0 Å². The zero-order valence-electron chi connectivity index (χ0n) is 11.4. The van der Waals surface area contributed by atoms with E-state index >= 15 is 0 Å². The van der Waals surface area contributed by atoms with Gasteiger partial charge < -0.3 is 9.63 Å². The number of phenolic OH excluding ortho intramolecular Hbond substituents is 1. The van der Waals surface area contributed by atoms with Crippen molar-refractivity contribution < 1.29 is 9.63 Å². The highest BCUT2D eigenvalue weighted by Gasteiger charge is 2.11. The standard InChI is InChI=1S/C16H13ClN2O2/c1-10-8-12(6-7-14(10)20)16-18-15(19-21-16)9-11-4-2-3-5-13(11)17/h2-8,20H,9H2,1H3. The minimum atomic E-state index is 0.245. The average Bonchev–Trinajstić information content (AvgIpc) is 2.93. The Labute approximate surface area is 127 Å². The van der Waals surface area contributed by atoms with Gasteiger partial charge in [-0.05, 0) is 42.3 Å². The third kappa shape index (κ3) is 2.90. The van der Waals surface area contributed by atoms with Gasteiger partial charge in [0.25, 0.3) is 5.89 Å². The maximum absolute atomic E-state index is 9.54. The molecule has 5 heteroatoms. The molecular formula is C16H13ClN2O2. The van der Waals surface area contributed by atoms with Gasteiger partial charge >= 0.3 is 0 Å². The van der Waals surface area contributed by atoms with Crippen molar-refractivity contribution in [1.29, 1.82) is 0 Å². The normalized spacial score (nSPS) is 10.8. The molecule has 0 saturated heterocycles. The second-order valence-corrected chi connectivity index (χ2v) is 5.19. The second kappa shape index (κ2) is 5.58. The topological polar surface area (TPSA) is 59.2 Å². The van der Waals surface area contributed by atoms with E-state index in [1.54, 1.807) is 12.1 Å². The lowest BCUT2D eigenvalue weighted by molar-refractivity contribution is 0.423. The molecule has 1 N–H and O–H groups in total. The predicted octanol–water partition coefficient (Wildman–Crippen LogP) is 3.99. The summed E-state index contributed by atoms with van der Waals surface area (Å²) < 4.78 is 5.27. The molecule has 0 fully saturated rings. The smallest absolute Gasteiger partial charge is 0.257 e. The van der Waals surface area contributed by atoms with Crippen molar-refractivity contribution in [3.05, 3.63) is 64.4 Å². The van der Waals surface area contributed by atoms with E-state index in [9.17, 15) is 5.11 Å². The Kier molecular flexibility index (Phi) is 3.62. The molecule has 3 rings (SSSR count). The zero-order valence-corrected chi connectivity index (χ0v) is 12.1. The minimum absolute atomic E-state index is 0.245. The summed E-state index contributed by atoms with van der Waals surface area (Å²) in [6.45, 7) is 1.82. The van der Waals surface area contributed by atoms with E-state index in [0.29, 0.717) is 23.2 Å². The number of phenols is 1. The Hall–Kier alpha value is -2.33. The van der Waals surface area contributed by atoms with Crippen molar-refractivity contribution in [3.8, 4) is 17.2 Å². The number of nitrogens with zero attached hydrogens (tertiary/aromatic N) is 2. The molecule has 0 radical (unpaired) electrons. The first-order valence-corrected chi connectivity index (χ1v) is 6.87. The van der Waals surface area contributed by atoms with Crippen LogP contribution >= 0.6 is 11.6 Å². The van der Waals surface area contributed by atoms with E-state index < -0.39 is 0 Å². The van der Waals surface area contributed by atoms with Crippen molar-refractivity contribution in [1.82, 2.24) is 10.1 Å². The molecule has 0 amide bonds. The van der Waals surface area contributed by atoms with Crippen LogP contribution in [-0.2, 0) is 6.42 Å². The monoisotopic (exact) mass is 300 g/mol. The van der Waals surface area contributed by atoms with Gasteiger partial charge in [0, 0.05) is 17.0 Å². The summed E-state index contributed by atoms with van der Waals surface area (Å²) in [6, 6.07) is 12.7. The van der Waals surface area contributed by atoms with Gasteiger partial charge in [0.2, 0.25) is 0 Å². The maximum atomic E-state index is 9.54. The predicted molar refractivity (Wildman–Crippen MR) is 80.4 cm³/mol. The first kappa shape index (κ1) is 13.6. The summed E-state index contributed by atoms with van der Waals surface area (Å²) in [4.78, 5) is 4.37. The van der Waals surface area contributed by atoms with Crippen molar-refractivity contribution in [2.24, 2.45) is 0 Å². The van der Waals surface area contributed by atoms with Crippen LogP contribution in [0.5, 0.6) is 5.75 Å². The Bertz CT molecular complexity index is 783. The number of hydrogen-bond donors (Lipinski definition) is 1. The number of aromatic hydroxyl groups is 1. The van der Waals surface area contributed by atoms with Gasteiger partial charge in [-0.1, -0.05) is 35.0 Å². The highest BCUT2D eigenvalue weighted by molar-refractivity contribution is 6.31. The summed E-state index contributed by atoms with van der Waals surface area (Å²) in [5.74, 6) is 1.25. The molecule has 2 aromatic carbocycles. The number of aromatic nitrogens is 2. The van der Waals surface area contributed by atoms with E-state index in [1.165, 1.54) is 0 Å². The Balaban J connectivity index is 1.86. The molecule has 0 aliphatic rings. The van der Waals surface area contributed by atoms with Crippen molar-refractivity contribution in [2.75, 3.05) is 0 Å². The van der Waals surface area contributed by atoms with E-state index in [2.05, 4.69) is 10.1 Å². The third-order valence-electron chi connectivity index (χ3n) is 3.22. The van der Waals surface area contributed by atoms with Crippen LogP contribution in [0, 0.1) is 6.92 Å². The number of rotatable bonds is 3. The van der Waals surface area contributed by atoms with Gasteiger partial charge in [-0.2, -0.15) is 4.98 Å². The van der Waals surface area contributed by atoms with Crippen LogP contribution in [0.2, 0.25) is 5.02 Å². The van der Waals surface area contributed by atoms with Gasteiger partial charge in [0.15, 0.2) is 5.82 Å². The summed E-state index contributed by atoms with van der Waals surface area (Å²) in [5, 5.41) is 14.2. The Morgan fingerprint density at radius 1 is 1.19 bits per heavy atom. The molecule has 0 spiro atoms. The average molecular weight is 301 g/mol. The summed E-state index contributed by atoms with van der Waals surface area (Å²) >= 11 is 6.12. The summed E-state index contributed by atoms with van der Waals surface area (Å²) in [7, 11) is 0. The fourth-order valence-corrected chi connectivity index (χ4v) is 2.25. The highest BCUT2D eigenvalue weighted by Crippen LogP contribution is 2.25. The van der Waals surface area contributed by atoms with Crippen LogP contribution < -0.4 is 0 Å². The van der Waals surface area contributed by atoms with Crippen molar-refractivity contribution in [2.45, 2.75) is 13.3 Å². The van der Waals surface area contributed by atoms with E-state index in [-0.39, 0.29) is 5.75 Å². The van der Waals surface area contributed by atoms with Crippen molar-refractivity contribution in [3.63, 3.8) is 0 Å². The fourth-order valence-electron chi connectivity index (χ4n) is 2.04. The number of hydrogen-bond acceptors (Lipinski definition) is 4. The van der Waals surface area contributed by atoms with Crippen LogP contribution in [0.4, 0.5) is 0 Å². The molecule has 21 heavy (non-hydrogen) atoms. The zero-order chi connectivity index (χ0) is 14.8. The molecule has 0 atom stereocenters. The van der Waals surface area contributed by atoms with Crippen LogP contribution in [0.15, 0.2) is 47.0 Å². The summed E-state index contributed by atoms with van der Waals surface area (Å²) in [5.41, 5.74) is 2.50. The lowest BCUT2D eigenvalue weighted by atomic mass is 10.1. The lowest BCUT2D eigenvalue weighted by Crippen LogP contribution is -1.91. The van der Waals surface area contributed by atoms with Gasteiger partial charge in [-0.3, -0.25) is 0 Å². The molecule has 0 unspecified atom stereocenters. The molecule has 0 aliphatic heterocycles. The molecular weight excluding hydrogens is 288 g/mol. The molecule has 1 aromatic heterocycles. The van der Waals surface area contributed by atoms with Crippen LogP contribution in [0.3, 0.4) is 0 Å². The van der Waals surface area contributed by atoms with E-state index in [1.807, 2.05) is 37.3 Å². The fraction of sp³-hybridized carbons (Fsp3) is 0.125. The molecule has 0 bridgehead atoms. The van der Waals surface area contributed by atoms with Gasteiger partial charge in [0.05, 0.1) is 0 Å². The molecule has 106 valence electrons. The quantitative estimate of drug-likeness (QED) is 0.794. The second-order valence-electron chi connectivity index (χ2n) is 4.79. The lowest BCUT2D eigenvalue weighted by Gasteiger charge is -2.00. The summed E-state index contributed by atoms with van der Waals surface area (Å²) in [6.07, 6.45) is 0.514. The van der Waals surface area contributed by atoms with E-state index in [0.717, 1.165) is 16.7 Å². The largest absolute Gasteiger partial charge is 0.508 e. The molecule has 0 aliphatic carbocycles. The Morgan fingerprint density at radius 2 is 2.00 bits per heavy atom. The van der Waals surface area contributed by atoms with E-state index in [4.69, 9.17) is 16.1 Å². The molecule has 3 aromatic rings. The van der Waals surface area contributed by atoms with Gasteiger partial charge in [0.1, 0.15) is 5.75 Å². The maximum Gasteiger partial charge on any atom is 0.257 e. The number of halogens is 1. The first-order valence-electron chi connectivity index (χ1n) is 6.49. The van der Waals surface area contributed by atoms with Gasteiger partial charge in [-0.25, -0.2) is 0 Å². The molecule has 1 heterocycles. The minimum Gasteiger partial charge on any atom is -0.508 e. The number of aryl methyl sites for hydroxylation is 1. The van der Waals surface area contributed by atoms with Crippen LogP contribution in [0.25, 0.3) is 11.5 Å².